The predicted octanol–water partition coefficient (Wildman–Crippen LogP) is 0.297. The maximum atomic E-state index is 10.4. The van der Waals surface area contributed by atoms with E-state index < -0.39 is 11.0 Å². The highest BCUT2D eigenvalue weighted by Gasteiger charge is 2.16. The summed E-state index contributed by atoms with van der Waals surface area (Å²) in [5, 5.41) is 28.1. The molecule has 2 N–H and O–H groups in total. The monoisotopic (exact) mass is 279 g/mol. The number of nitrogens with zero attached hydrogens (tertiary/aromatic N) is 3. The minimum atomic E-state index is -0.821. The number of imidazole rings is 1. The standard InChI is InChI=1S/C7H10BrN3O4/c8-7-9-6(11(14)15)3-10(7)2-1-5(13)4-12/h3,5,12-13H,1-2,4H2. The first-order chi connectivity index (χ1) is 7.04. The van der Waals surface area contributed by atoms with Gasteiger partial charge in [-0.05, 0) is 16.3 Å². The molecular formula is C7H10BrN3O4. The third-order valence-corrected chi connectivity index (χ3v) is 2.45. The minimum Gasteiger partial charge on any atom is -0.394 e. The van der Waals surface area contributed by atoms with Crippen LogP contribution in [0.4, 0.5) is 5.82 Å². The molecule has 1 heterocycles. The van der Waals surface area contributed by atoms with Gasteiger partial charge in [-0.2, -0.15) is 0 Å². The van der Waals surface area contributed by atoms with E-state index in [1.807, 2.05) is 0 Å². The maximum Gasteiger partial charge on any atom is 0.382 e. The molecule has 0 aliphatic carbocycles. The molecule has 8 heteroatoms. The van der Waals surface area contributed by atoms with Crippen LogP contribution in [0.2, 0.25) is 0 Å². The highest BCUT2D eigenvalue weighted by molar-refractivity contribution is 9.10. The van der Waals surface area contributed by atoms with Crippen molar-refractivity contribution in [2.24, 2.45) is 0 Å². The van der Waals surface area contributed by atoms with Crippen LogP contribution in [0, 0.1) is 10.1 Å². The zero-order valence-corrected chi connectivity index (χ0v) is 9.29. The third kappa shape index (κ3) is 3.26. The molecule has 15 heavy (non-hydrogen) atoms. The van der Waals surface area contributed by atoms with E-state index in [1.165, 1.54) is 10.8 Å². The highest BCUT2D eigenvalue weighted by Crippen LogP contribution is 2.16. The van der Waals surface area contributed by atoms with Gasteiger partial charge in [0, 0.05) is 22.5 Å². The van der Waals surface area contributed by atoms with Crippen molar-refractivity contribution < 1.29 is 15.1 Å². The average Bonchev–Trinajstić information content (AvgIpc) is 2.56. The first kappa shape index (κ1) is 12.1. The van der Waals surface area contributed by atoms with Gasteiger partial charge in [0.1, 0.15) is 6.20 Å². The Morgan fingerprint density at radius 2 is 2.40 bits per heavy atom. The van der Waals surface area contributed by atoms with Crippen LogP contribution in [-0.2, 0) is 6.54 Å². The topological polar surface area (TPSA) is 101 Å². The van der Waals surface area contributed by atoms with Gasteiger partial charge in [0.15, 0.2) is 0 Å². The lowest BCUT2D eigenvalue weighted by Gasteiger charge is -2.06. The second-order valence-electron chi connectivity index (χ2n) is 2.94. The molecule has 0 radical (unpaired) electrons. The van der Waals surface area contributed by atoms with Crippen molar-refractivity contribution in [3.05, 3.63) is 21.0 Å². The summed E-state index contributed by atoms with van der Waals surface area (Å²) in [7, 11) is 0. The number of aryl methyl sites for hydroxylation is 1. The molecule has 7 nitrogen and oxygen atoms in total. The van der Waals surface area contributed by atoms with Gasteiger partial charge < -0.3 is 20.3 Å². The number of hydrogen-bond donors (Lipinski definition) is 2. The SMILES string of the molecule is O=[N+]([O-])c1cn(CCC(O)CO)c(Br)n1. The summed E-state index contributed by atoms with van der Waals surface area (Å²) < 4.78 is 1.83. The largest absolute Gasteiger partial charge is 0.394 e. The van der Waals surface area contributed by atoms with Crippen molar-refractivity contribution in [1.29, 1.82) is 0 Å². The lowest BCUT2D eigenvalue weighted by molar-refractivity contribution is -0.389. The number of aliphatic hydroxyl groups excluding tert-OH is 2. The first-order valence-electron chi connectivity index (χ1n) is 4.20. The fourth-order valence-corrected chi connectivity index (χ4v) is 1.47. The van der Waals surface area contributed by atoms with Crippen LogP contribution >= 0.6 is 15.9 Å². The summed E-state index contributed by atoms with van der Waals surface area (Å²) >= 11 is 3.06. The van der Waals surface area contributed by atoms with Crippen LogP contribution < -0.4 is 0 Å². The number of rotatable bonds is 5. The fraction of sp³-hybridized carbons (Fsp3) is 0.571. The van der Waals surface area contributed by atoms with E-state index in [4.69, 9.17) is 10.2 Å². The predicted molar refractivity (Wildman–Crippen MR) is 54.3 cm³/mol. The maximum absolute atomic E-state index is 10.4. The molecule has 1 rings (SSSR count). The van der Waals surface area contributed by atoms with Crippen molar-refractivity contribution in [2.75, 3.05) is 6.61 Å². The summed E-state index contributed by atoms with van der Waals surface area (Å²) in [6.45, 7) is 0.0254. The van der Waals surface area contributed by atoms with Crippen LogP contribution in [0.1, 0.15) is 6.42 Å². The Bertz CT molecular complexity index is 354. The Labute approximate surface area is 93.6 Å². The summed E-state index contributed by atoms with van der Waals surface area (Å²) in [5.74, 6) is -0.250. The molecule has 0 saturated heterocycles. The van der Waals surface area contributed by atoms with Crippen LogP contribution in [0.3, 0.4) is 0 Å². The number of hydrogen-bond acceptors (Lipinski definition) is 5. The molecule has 1 aromatic heterocycles. The Morgan fingerprint density at radius 3 is 2.87 bits per heavy atom. The fourth-order valence-electron chi connectivity index (χ4n) is 1.00. The molecule has 1 aromatic rings. The van der Waals surface area contributed by atoms with Crippen molar-refractivity contribution in [3.8, 4) is 0 Å². The molecule has 0 aliphatic rings. The molecule has 0 amide bonds. The zero-order chi connectivity index (χ0) is 11.4. The summed E-state index contributed by atoms with van der Waals surface area (Å²) in [4.78, 5) is 13.4. The van der Waals surface area contributed by atoms with Gasteiger partial charge in [-0.3, -0.25) is 4.57 Å². The molecule has 1 atom stereocenters. The van der Waals surface area contributed by atoms with Crippen molar-refractivity contribution in [3.63, 3.8) is 0 Å². The third-order valence-electron chi connectivity index (χ3n) is 1.82. The normalized spacial score (nSPS) is 12.7. The van der Waals surface area contributed by atoms with Crippen molar-refractivity contribution in [1.82, 2.24) is 9.55 Å². The molecular weight excluding hydrogens is 270 g/mol. The van der Waals surface area contributed by atoms with Gasteiger partial charge in [0.05, 0.1) is 12.7 Å². The molecule has 0 aromatic carbocycles. The van der Waals surface area contributed by atoms with E-state index in [1.54, 1.807) is 0 Å². The first-order valence-corrected chi connectivity index (χ1v) is 5.00. The van der Waals surface area contributed by atoms with Gasteiger partial charge in [-0.25, -0.2) is 0 Å². The Balaban J connectivity index is 2.65. The Kier molecular flexibility index (Phi) is 4.18. The van der Waals surface area contributed by atoms with E-state index in [-0.39, 0.29) is 12.4 Å². The quantitative estimate of drug-likeness (QED) is 0.596. The van der Waals surface area contributed by atoms with Crippen molar-refractivity contribution >= 4 is 21.7 Å². The van der Waals surface area contributed by atoms with Gasteiger partial charge in [-0.15, -0.1) is 0 Å². The molecule has 0 saturated carbocycles. The molecule has 84 valence electrons. The minimum absolute atomic E-state index is 0.250. The summed E-state index contributed by atoms with van der Waals surface area (Å²) in [6.07, 6.45) is 0.759. The number of nitro groups is 1. The van der Waals surface area contributed by atoms with E-state index in [9.17, 15) is 10.1 Å². The van der Waals surface area contributed by atoms with Crippen LogP contribution in [-0.4, -0.2) is 37.4 Å². The van der Waals surface area contributed by atoms with E-state index >= 15 is 0 Å². The highest BCUT2D eigenvalue weighted by atomic mass is 79.9. The van der Waals surface area contributed by atoms with Crippen molar-refractivity contribution in [2.45, 2.75) is 19.1 Å². The molecule has 0 aliphatic heterocycles. The zero-order valence-electron chi connectivity index (χ0n) is 7.71. The average molecular weight is 280 g/mol. The van der Waals surface area contributed by atoms with E-state index in [0.717, 1.165) is 0 Å². The van der Waals surface area contributed by atoms with Crippen LogP contribution in [0.5, 0.6) is 0 Å². The lowest BCUT2D eigenvalue weighted by Crippen LogP contribution is -2.14. The summed E-state index contributed by atoms with van der Waals surface area (Å²) in [5.41, 5.74) is 0. The van der Waals surface area contributed by atoms with Crippen LogP contribution in [0.15, 0.2) is 10.9 Å². The molecule has 0 fully saturated rings. The Morgan fingerprint density at radius 1 is 1.73 bits per heavy atom. The number of aliphatic hydroxyl groups is 2. The van der Waals surface area contributed by atoms with Gasteiger partial charge in [0.25, 0.3) is 4.73 Å². The van der Waals surface area contributed by atoms with Crippen LogP contribution in [0.25, 0.3) is 0 Å². The molecule has 0 spiro atoms. The van der Waals surface area contributed by atoms with E-state index in [0.29, 0.717) is 17.7 Å². The number of aromatic nitrogens is 2. The van der Waals surface area contributed by atoms with Gasteiger partial charge in [-0.1, -0.05) is 0 Å². The molecule has 0 bridgehead atoms. The summed E-state index contributed by atoms with van der Waals surface area (Å²) in [6, 6.07) is 0. The lowest BCUT2D eigenvalue weighted by atomic mass is 10.3. The van der Waals surface area contributed by atoms with Gasteiger partial charge >= 0.3 is 5.82 Å². The Hall–Kier alpha value is -0.990. The van der Waals surface area contributed by atoms with Gasteiger partial charge in [0.2, 0.25) is 0 Å². The molecule has 1 unspecified atom stereocenters. The van der Waals surface area contributed by atoms with E-state index in [2.05, 4.69) is 20.9 Å². The second kappa shape index (κ2) is 5.19. The smallest absolute Gasteiger partial charge is 0.382 e. The number of halogens is 1. The second-order valence-corrected chi connectivity index (χ2v) is 3.65.